The van der Waals surface area contributed by atoms with Crippen LogP contribution in [0.4, 0.5) is 5.69 Å². The van der Waals surface area contributed by atoms with Crippen molar-refractivity contribution < 1.29 is 9.59 Å². The van der Waals surface area contributed by atoms with Gasteiger partial charge in [-0.2, -0.15) is 0 Å². The summed E-state index contributed by atoms with van der Waals surface area (Å²) >= 11 is 6.45. The average molecular weight is 438 g/mol. The molecule has 2 aromatic rings. The lowest BCUT2D eigenvalue weighted by Gasteiger charge is -2.34. The summed E-state index contributed by atoms with van der Waals surface area (Å²) in [5.41, 5.74) is 3.79. The van der Waals surface area contributed by atoms with Crippen molar-refractivity contribution in [1.82, 2.24) is 9.80 Å². The number of carbonyl (C=O) groups excluding carboxylic acids is 2. The van der Waals surface area contributed by atoms with Gasteiger partial charge in [-0.3, -0.25) is 9.59 Å². The van der Waals surface area contributed by atoms with Gasteiger partial charge < -0.3 is 15.1 Å². The highest BCUT2D eigenvalue weighted by atomic mass is 35.5. The molecule has 2 aromatic carbocycles. The average Bonchev–Trinajstić information content (AvgIpc) is 3.24. The van der Waals surface area contributed by atoms with E-state index in [1.807, 2.05) is 44.3 Å². The Hall–Kier alpha value is -2.79. The fourth-order valence-electron chi connectivity index (χ4n) is 4.87. The van der Waals surface area contributed by atoms with Crippen LogP contribution in [0.5, 0.6) is 0 Å². The van der Waals surface area contributed by atoms with Gasteiger partial charge >= 0.3 is 0 Å². The van der Waals surface area contributed by atoms with Crippen molar-refractivity contribution in [2.75, 3.05) is 25.5 Å². The highest BCUT2D eigenvalue weighted by molar-refractivity contribution is 6.31. The minimum absolute atomic E-state index is 0.0199. The Morgan fingerprint density at radius 3 is 2.68 bits per heavy atom. The number of likely N-dealkylation sites (tertiary alicyclic amines) is 1. The second-order valence-electron chi connectivity index (χ2n) is 9.02. The van der Waals surface area contributed by atoms with Crippen molar-refractivity contribution >= 4 is 29.1 Å². The minimum Gasteiger partial charge on any atom is -0.374 e. The molecule has 1 N–H and O–H groups in total. The quantitative estimate of drug-likeness (QED) is 0.705. The molecular formula is C25H28ClN3O2. The van der Waals surface area contributed by atoms with Gasteiger partial charge in [-0.05, 0) is 68.2 Å². The number of fused-ring (bicyclic) bond motifs is 1. The van der Waals surface area contributed by atoms with E-state index in [2.05, 4.69) is 31.8 Å². The van der Waals surface area contributed by atoms with E-state index in [1.54, 1.807) is 9.80 Å². The molecule has 0 bridgehead atoms. The van der Waals surface area contributed by atoms with Gasteiger partial charge in [0.05, 0.1) is 11.1 Å². The summed E-state index contributed by atoms with van der Waals surface area (Å²) in [6.07, 6.45) is 2.08. The van der Waals surface area contributed by atoms with Gasteiger partial charge in [-0.15, -0.1) is 0 Å². The first-order chi connectivity index (χ1) is 14.6. The van der Waals surface area contributed by atoms with Crippen LogP contribution in [0.1, 0.15) is 47.3 Å². The molecule has 4 rings (SSSR count). The lowest BCUT2D eigenvalue weighted by molar-refractivity contribution is -0.125. The maximum atomic E-state index is 12.8. The predicted octanol–water partition coefficient (Wildman–Crippen LogP) is 4.69. The van der Waals surface area contributed by atoms with Crippen molar-refractivity contribution in [3.8, 4) is 0 Å². The van der Waals surface area contributed by atoms with E-state index in [-0.39, 0.29) is 17.4 Å². The third-order valence-corrected chi connectivity index (χ3v) is 7.38. The number of rotatable bonds is 4. The smallest absolute Gasteiger partial charge is 0.254 e. The molecule has 1 fully saturated rings. The summed E-state index contributed by atoms with van der Waals surface area (Å²) in [4.78, 5) is 28.8. The minimum atomic E-state index is -0.509. The molecule has 6 heteroatoms. The highest BCUT2D eigenvalue weighted by Crippen LogP contribution is 2.42. The van der Waals surface area contributed by atoms with E-state index in [9.17, 15) is 9.59 Å². The molecule has 1 atom stereocenters. The van der Waals surface area contributed by atoms with Crippen LogP contribution in [0.2, 0.25) is 5.02 Å². The summed E-state index contributed by atoms with van der Waals surface area (Å²) < 4.78 is 0. The molecule has 5 nitrogen and oxygen atoms in total. The normalized spacial score (nSPS) is 21.9. The molecule has 162 valence electrons. The number of hydrogen-bond acceptors (Lipinski definition) is 3. The van der Waals surface area contributed by atoms with Crippen molar-refractivity contribution in [2.24, 2.45) is 0 Å². The van der Waals surface area contributed by atoms with Gasteiger partial charge in [0.2, 0.25) is 5.91 Å². The first kappa shape index (κ1) is 21.4. The lowest BCUT2D eigenvalue weighted by atomic mass is 9.85. The van der Waals surface area contributed by atoms with Crippen molar-refractivity contribution in [1.29, 1.82) is 0 Å². The Morgan fingerprint density at radius 1 is 1.23 bits per heavy atom. The van der Waals surface area contributed by atoms with Crippen LogP contribution in [0.3, 0.4) is 0 Å². The van der Waals surface area contributed by atoms with Gasteiger partial charge in [0.25, 0.3) is 5.91 Å². The Morgan fingerprint density at radius 2 is 1.97 bits per heavy atom. The van der Waals surface area contributed by atoms with Gasteiger partial charge in [-0.25, -0.2) is 0 Å². The Balaban J connectivity index is 1.77. The first-order valence-corrected chi connectivity index (χ1v) is 10.9. The number of hydrogen-bond donors (Lipinski definition) is 1. The van der Waals surface area contributed by atoms with Gasteiger partial charge in [0, 0.05) is 36.4 Å². The third kappa shape index (κ3) is 3.32. The zero-order valence-electron chi connectivity index (χ0n) is 18.5. The second-order valence-corrected chi connectivity index (χ2v) is 9.42. The zero-order chi connectivity index (χ0) is 22.6. The van der Waals surface area contributed by atoms with Crippen LogP contribution in [0, 0.1) is 6.92 Å². The highest BCUT2D eigenvalue weighted by Gasteiger charge is 2.44. The molecule has 31 heavy (non-hydrogen) atoms. The van der Waals surface area contributed by atoms with Gasteiger partial charge in [-0.1, -0.05) is 36.4 Å². The summed E-state index contributed by atoms with van der Waals surface area (Å²) in [5, 5.41) is 4.38. The third-order valence-electron chi connectivity index (χ3n) is 6.97. The molecule has 2 aliphatic heterocycles. The van der Waals surface area contributed by atoms with Crippen LogP contribution in [-0.2, 0) is 15.9 Å². The molecule has 0 spiro atoms. The maximum absolute atomic E-state index is 12.8. The number of amides is 2. The molecule has 2 aliphatic rings. The number of nitrogens with zero attached hydrogens (tertiary/aromatic N) is 2. The monoisotopic (exact) mass is 437 g/mol. The largest absolute Gasteiger partial charge is 0.374 e. The van der Waals surface area contributed by atoms with Crippen LogP contribution in [0.25, 0.3) is 0 Å². The number of benzene rings is 2. The molecule has 0 aliphatic carbocycles. The van der Waals surface area contributed by atoms with E-state index in [1.165, 1.54) is 6.08 Å². The summed E-state index contributed by atoms with van der Waals surface area (Å²) in [6.45, 7) is 10.9. The SMILES string of the molecule is C=CC(=O)N1CC[C@@](Nc2ccc3c(c2)C(=O)N(C)C3(C)C)(c2cccc(Cl)c2C)C1. The molecule has 2 heterocycles. The molecule has 2 amide bonds. The molecule has 0 aromatic heterocycles. The fraction of sp³-hybridized carbons (Fsp3) is 0.360. The summed E-state index contributed by atoms with van der Waals surface area (Å²) in [6, 6.07) is 11.9. The summed E-state index contributed by atoms with van der Waals surface area (Å²) in [5.74, 6) is -0.0672. The zero-order valence-corrected chi connectivity index (χ0v) is 19.2. The molecule has 0 saturated carbocycles. The molecule has 0 unspecified atom stereocenters. The van der Waals surface area contributed by atoms with Crippen LogP contribution < -0.4 is 5.32 Å². The number of carbonyl (C=O) groups is 2. The molecular weight excluding hydrogens is 410 g/mol. The second kappa shape index (κ2) is 7.41. The van der Waals surface area contributed by atoms with E-state index < -0.39 is 5.54 Å². The number of anilines is 1. The maximum Gasteiger partial charge on any atom is 0.254 e. The predicted molar refractivity (Wildman–Crippen MR) is 124 cm³/mol. The van der Waals surface area contributed by atoms with Crippen molar-refractivity contribution in [3.05, 3.63) is 76.3 Å². The first-order valence-electron chi connectivity index (χ1n) is 10.5. The van der Waals surface area contributed by atoms with E-state index in [0.29, 0.717) is 23.7 Å². The molecule has 1 saturated heterocycles. The Labute approximate surface area is 188 Å². The Kier molecular flexibility index (Phi) is 5.13. The van der Waals surface area contributed by atoms with E-state index in [0.717, 1.165) is 28.8 Å². The van der Waals surface area contributed by atoms with Crippen molar-refractivity contribution in [2.45, 2.75) is 38.3 Å². The van der Waals surface area contributed by atoms with Crippen molar-refractivity contribution in [3.63, 3.8) is 0 Å². The Bertz CT molecular complexity index is 1090. The van der Waals surface area contributed by atoms with Gasteiger partial charge in [0.15, 0.2) is 0 Å². The molecule has 0 radical (unpaired) electrons. The topological polar surface area (TPSA) is 52.7 Å². The van der Waals surface area contributed by atoms with Crippen LogP contribution in [-0.4, -0.2) is 41.8 Å². The summed E-state index contributed by atoms with van der Waals surface area (Å²) in [7, 11) is 1.84. The van der Waals surface area contributed by atoms with Gasteiger partial charge in [0.1, 0.15) is 0 Å². The lowest BCUT2D eigenvalue weighted by Crippen LogP contribution is -2.40. The van der Waals surface area contributed by atoms with Crippen LogP contribution >= 0.6 is 11.6 Å². The standard InChI is InChI=1S/C25H28ClN3O2/c1-6-22(30)29-13-12-25(15-29,19-8-7-9-21(26)16(19)2)27-17-10-11-20-18(14-17)23(31)28(5)24(20,3)4/h6-11,14,27H,1,12-13,15H2,2-5H3/t25-/m0/s1. The van der Waals surface area contributed by atoms with Crippen LogP contribution in [0.15, 0.2) is 49.1 Å². The fourth-order valence-corrected chi connectivity index (χ4v) is 5.04. The van der Waals surface area contributed by atoms with E-state index in [4.69, 9.17) is 11.6 Å². The number of nitrogens with one attached hydrogen (secondary N) is 1. The van der Waals surface area contributed by atoms with E-state index >= 15 is 0 Å². The number of halogens is 1.